The van der Waals surface area contributed by atoms with Crippen LogP contribution in [0.3, 0.4) is 0 Å². The van der Waals surface area contributed by atoms with Crippen molar-refractivity contribution in [3.05, 3.63) is 0 Å². The molecule has 1 aliphatic rings. The van der Waals surface area contributed by atoms with Crippen molar-refractivity contribution in [1.82, 2.24) is 5.32 Å². The van der Waals surface area contributed by atoms with Gasteiger partial charge in [-0.15, -0.1) is 0 Å². The first-order valence-electron chi connectivity index (χ1n) is 7.90. The van der Waals surface area contributed by atoms with E-state index in [0.29, 0.717) is 5.41 Å². The van der Waals surface area contributed by atoms with Crippen LogP contribution in [0, 0.1) is 5.41 Å². The minimum absolute atomic E-state index is 0.595. The summed E-state index contributed by atoms with van der Waals surface area (Å²) in [5, 5.41) is 3.59. The minimum Gasteiger partial charge on any atom is -0.316 e. The van der Waals surface area contributed by atoms with Crippen molar-refractivity contribution in [3.8, 4) is 0 Å². The first kappa shape index (κ1) is 15.0. The van der Waals surface area contributed by atoms with Crippen LogP contribution in [-0.2, 0) is 0 Å². The van der Waals surface area contributed by atoms with Gasteiger partial charge in [-0.2, -0.15) is 0 Å². The molecule has 0 spiro atoms. The zero-order valence-electron chi connectivity index (χ0n) is 12.4. The van der Waals surface area contributed by atoms with E-state index in [0.717, 1.165) is 6.04 Å². The summed E-state index contributed by atoms with van der Waals surface area (Å²) in [7, 11) is 2.16. The zero-order chi connectivity index (χ0) is 12.6. The molecule has 102 valence electrons. The maximum absolute atomic E-state index is 3.59. The van der Waals surface area contributed by atoms with Crippen molar-refractivity contribution < 1.29 is 0 Å². The Bertz CT molecular complexity index is 182. The second-order valence-electron chi connectivity index (χ2n) is 6.26. The van der Waals surface area contributed by atoms with E-state index in [2.05, 4.69) is 26.2 Å². The molecule has 1 saturated carbocycles. The molecule has 0 aromatic rings. The third-order valence-corrected chi connectivity index (χ3v) is 4.78. The second kappa shape index (κ2) is 8.13. The van der Waals surface area contributed by atoms with E-state index in [1.54, 1.807) is 0 Å². The molecule has 1 aliphatic carbocycles. The summed E-state index contributed by atoms with van der Waals surface area (Å²) in [5.74, 6) is 0. The van der Waals surface area contributed by atoms with E-state index in [-0.39, 0.29) is 0 Å². The van der Waals surface area contributed by atoms with Crippen LogP contribution in [0.1, 0.15) is 84.5 Å². The maximum atomic E-state index is 3.59. The Morgan fingerprint density at radius 1 is 1.00 bits per heavy atom. The molecule has 1 nitrogen and oxygen atoms in total. The predicted molar refractivity (Wildman–Crippen MR) is 77.4 cm³/mol. The van der Waals surface area contributed by atoms with Crippen LogP contribution in [0.25, 0.3) is 0 Å². The first-order chi connectivity index (χ1) is 8.23. The summed E-state index contributed by atoms with van der Waals surface area (Å²) in [6, 6.07) is 0.760. The molecule has 0 heterocycles. The number of hydrogen-bond acceptors (Lipinski definition) is 1. The van der Waals surface area contributed by atoms with Crippen LogP contribution in [0.4, 0.5) is 0 Å². The van der Waals surface area contributed by atoms with Crippen LogP contribution >= 0.6 is 0 Å². The summed E-state index contributed by atoms with van der Waals surface area (Å²) >= 11 is 0. The Kier molecular flexibility index (Phi) is 7.18. The van der Waals surface area contributed by atoms with E-state index in [4.69, 9.17) is 0 Å². The topological polar surface area (TPSA) is 12.0 Å². The van der Waals surface area contributed by atoms with Gasteiger partial charge in [0.1, 0.15) is 0 Å². The van der Waals surface area contributed by atoms with Crippen LogP contribution in [0.15, 0.2) is 0 Å². The zero-order valence-corrected chi connectivity index (χ0v) is 12.4. The van der Waals surface area contributed by atoms with Crippen LogP contribution in [0.2, 0.25) is 0 Å². The monoisotopic (exact) mass is 239 g/mol. The van der Waals surface area contributed by atoms with Crippen molar-refractivity contribution in [1.29, 1.82) is 0 Å². The third kappa shape index (κ3) is 4.99. The van der Waals surface area contributed by atoms with E-state index in [9.17, 15) is 0 Å². The van der Waals surface area contributed by atoms with Gasteiger partial charge in [0.05, 0.1) is 0 Å². The Balaban J connectivity index is 2.14. The summed E-state index contributed by atoms with van der Waals surface area (Å²) in [4.78, 5) is 0. The van der Waals surface area contributed by atoms with E-state index in [1.165, 1.54) is 70.6 Å². The Hall–Kier alpha value is -0.0400. The molecule has 0 aromatic carbocycles. The molecule has 1 atom stereocenters. The Morgan fingerprint density at radius 2 is 1.59 bits per heavy atom. The first-order valence-corrected chi connectivity index (χ1v) is 7.90. The number of nitrogens with one attached hydrogen (secondary N) is 1. The minimum atomic E-state index is 0.595. The lowest BCUT2D eigenvalue weighted by Gasteiger charge is -2.34. The fourth-order valence-corrected chi connectivity index (χ4v) is 3.50. The maximum Gasteiger partial charge on any atom is 0.0118 e. The highest BCUT2D eigenvalue weighted by molar-refractivity contribution is 4.90. The van der Waals surface area contributed by atoms with Gasteiger partial charge in [-0.3, -0.25) is 0 Å². The van der Waals surface area contributed by atoms with Gasteiger partial charge in [0, 0.05) is 6.04 Å². The van der Waals surface area contributed by atoms with Gasteiger partial charge in [0.2, 0.25) is 0 Å². The standard InChI is InChI=1S/C16H33N/c1-4-5-6-7-8-9-12-15(17-3)16(2)13-10-11-14-16/h15,17H,4-14H2,1-3H3. The highest BCUT2D eigenvalue weighted by Gasteiger charge is 2.35. The summed E-state index contributed by atoms with van der Waals surface area (Å²) in [6.07, 6.45) is 15.7. The largest absolute Gasteiger partial charge is 0.316 e. The highest BCUT2D eigenvalue weighted by Crippen LogP contribution is 2.41. The average molecular weight is 239 g/mol. The van der Waals surface area contributed by atoms with Crippen molar-refractivity contribution in [2.75, 3.05) is 7.05 Å². The molecule has 0 saturated heterocycles. The average Bonchev–Trinajstić information content (AvgIpc) is 2.76. The lowest BCUT2D eigenvalue weighted by atomic mass is 9.78. The van der Waals surface area contributed by atoms with E-state index >= 15 is 0 Å². The van der Waals surface area contributed by atoms with Gasteiger partial charge >= 0.3 is 0 Å². The Labute approximate surface area is 109 Å². The summed E-state index contributed by atoms with van der Waals surface area (Å²) in [6.45, 7) is 4.79. The van der Waals surface area contributed by atoms with Crippen molar-refractivity contribution in [2.45, 2.75) is 90.5 Å². The SMILES string of the molecule is CCCCCCCCC(NC)C1(C)CCCC1. The summed E-state index contributed by atoms with van der Waals surface area (Å²) in [5.41, 5.74) is 0.595. The van der Waals surface area contributed by atoms with Gasteiger partial charge in [-0.25, -0.2) is 0 Å². The fourth-order valence-electron chi connectivity index (χ4n) is 3.50. The molecule has 1 unspecified atom stereocenters. The van der Waals surface area contributed by atoms with Gasteiger partial charge in [-0.1, -0.05) is 65.2 Å². The lowest BCUT2D eigenvalue weighted by Crippen LogP contribution is -2.40. The summed E-state index contributed by atoms with van der Waals surface area (Å²) < 4.78 is 0. The number of hydrogen-bond donors (Lipinski definition) is 1. The lowest BCUT2D eigenvalue weighted by molar-refractivity contribution is 0.215. The van der Waals surface area contributed by atoms with Gasteiger partial charge in [0.25, 0.3) is 0 Å². The third-order valence-electron chi connectivity index (χ3n) is 4.78. The van der Waals surface area contributed by atoms with E-state index < -0.39 is 0 Å². The fraction of sp³-hybridized carbons (Fsp3) is 1.00. The molecule has 0 amide bonds. The van der Waals surface area contributed by atoms with Gasteiger partial charge < -0.3 is 5.32 Å². The molecule has 0 radical (unpaired) electrons. The highest BCUT2D eigenvalue weighted by atomic mass is 14.9. The van der Waals surface area contributed by atoms with E-state index in [1.807, 2.05) is 0 Å². The molecule has 1 rings (SSSR count). The van der Waals surface area contributed by atoms with Crippen molar-refractivity contribution in [2.24, 2.45) is 5.41 Å². The van der Waals surface area contributed by atoms with Crippen molar-refractivity contribution >= 4 is 0 Å². The van der Waals surface area contributed by atoms with Crippen LogP contribution in [-0.4, -0.2) is 13.1 Å². The molecule has 1 N–H and O–H groups in total. The number of rotatable bonds is 9. The molecule has 0 aromatic heterocycles. The molecular formula is C16H33N. The van der Waals surface area contributed by atoms with Crippen LogP contribution < -0.4 is 5.32 Å². The quantitative estimate of drug-likeness (QED) is 0.564. The molecule has 0 bridgehead atoms. The molecular weight excluding hydrogens is 206 g/mol. The molecule has 17 heavy (non-hydrogen) atoms. The normalized spacial score (nSPS) is 20.6. The number of unbranched alkanes of at least 4 members (excludes halogenated alkanes) is 5. The molecule has 1 fully saturated rings. The van der Waals surface area contributed by atoms with Crippen molar-refractivity contribution in [3.63, 3.8) is 0 Å². The van der Waals surface area contributed by atoms with Gasteiger partial charge in [-0.05, 0) is 31.7 Å². The van der Waals surface area contributed by atoms with Crippen LogP contribution in [0.5, 0.6) is 0 Å². The second-order valence-corrected chi connectivity index (χ2v) is 6.26. The molecule has 1 heteroatoms. The Morgan fingerprint density at radius 3 is 2.18 bits per heavy atom. The van der Waals surface area contributed by atoms with Gasteiger partial charge in [0.15, 0.2) is 0 Å². The molecule has 0 aliphatic heterocycles. The predicted octanol–water partition coefficient (Wildman–Crippen LogP) is 4.91. The smallest absolute Gasteiger partial charge is 0.0118 e.